The molecule has 0 aliphatic heterocycles. The summed E-state index contributed by atoms with van der Waals surface area (Å²) in [6, 6.07) is 8.52. The predicted molar refractivity (Wildman–Crippen MR) is 99.2 cm³/mol. The SMILES string of the molecule is COc1ccc(C)cc1CCNC(=O)C(NC(=O)c1ccco1)C(C)C. The molecular formula is C20H26N2O4. The van der Waals surface area contributed by atoms with E-state index in [9.17, 15) is 9.59 Å². The molecule has 0 bridgehead atoms. The van der Waals surface area contributed by atoms with Crippen molar-refractivity contribution in [1.29, 1.82) is 0 Å². The molecule has 0 saturated carbocycles. The molecule has 0 aliphatic carbocycles. The predicted octanol–water partition coefficient (Wildman–Crippen LogP) is 2.71. The first-order valence-corrected chi connectivity index (χ1v) is 8.68. The lowest BCUT2D eigenvalue weighted by Gasteiger charge is -2.21. The highest BCUT2D eigenvalue weighted by Gasteiger charge is 2.25. The van der Waals surface area contributed by atoms with Crippen molar-refractivity contribution in [3.05, 3.63) is 53.5 Å². The second-order valence-corrected chi connectivity index (χ2v) is 6.53. The number of ether oxygens (including phenoxy) is 1. The molecule has 1 heterocycles. The molecule has 2 N–H and O–H groups in total. The molecule has 0 fully saturated rings. The van der Waals surface area contributed by atoms with E-state index in [2.05, 4.69) is 10.6 Å². The molecule has 2 aromatic rings. The number of carbonyl (C=O) groups is 2. The lowest BCUT2D eigenvalue weighted by molar-refractivity contribution is -0.123. The van der Waals surface area contributed by atoms with Crippen LogP contribution in [-0.2, 0) is 11.2 Å². The van der Waals surface area contributed by atoms with Crippen LogP contribution >= 0.6 is 0 Å². The summed E-state index contributed by atoms with van der Waals surface area (Å²) in [6.45, 7) is 6.24. The number of carbonyl (C=O) groups excluding carboxylic acids is 2. The van der Waals surface area contributed by atoms with Gasteiger partial charge in [0, 0.05) is 6.54 Å². The summed E-state index contributed by atoms with van der Waals surface area (Å²) < 4.78 is 10.4. The molecule has 0 aliphatic rings. The molecule has 6 heteroatoms. The smallest absolute Gasteiger partial charge is 0.287 e. The van der Waals surface area contributed by atoms with E-state index >= 15 is 0 Å². The van der Waals surface area contributed by atoms with Gasteiger partial charge in [0.05, 0.1) is 13.4 Å². The summed E-state index contributed by atoms with van der Waals surface area (Å²) >= 11 is 0. The van der Waals surface area contributed by atoms with Crippen LogP contribution in [0.3, 0.4) is 0 Å². The highest BCUT2D eigenvalue weighted by Crippen LogP contribution is 2.19. The maximum absolute atomic E-state index is 12.5. The van der Waals surface area contributed by atoms with Gasteiger partial charge in [-0.3, -0.25) is 9.59 Å². The van der Waals surface area contributed by atoms with Crippen LogP contribution in [0.2, 0.25) is 0 Å². The quantitative estimate of drug-likeness (QED) is 0.760. The number of amides is 2. The van der Waals surface area contributed by atoms with E-state index in [0.29, 0.717) is 13.0 Å². The number of rotatable bonds is 8. The van der Waals surface area contributed by atoms with E-state index in [1.165, 1.54) is 6.26 Å². The molecular weight excluding hydrogens is 332 g/mol. The number of furan rings is 1. The third kappa shape index (κ3) is 5.12. The van der Waals surface area contributed by atoms with Gasteiger partial charge in [-0.1, -0.05) is 31.5 Å². The molecule has 2 amide bonds. The van der Waals surface area contributed by atoms with Gasteiger partial charge in [0.15, 0.2) is 5.76 Å². The average molecular weight is 358 g/mol. The Hall–Kier alpha value is -2.76. The van der Waals surface area contributed by atoms with Crippen LogP contribution in [0.4, 0.5) is 0 Å². The zero-order chi connectivity index (χ0) is 19.1. The van der Waals surface area contributed by atoms with E-state index in [-0.39, 0.29) is 17.6 Å². The molecule has 140 valence electrons. The van der Waals surface area contributed by atoms with Gasteiger partial charge in [-0.05, 0) is 43.0 Å². The Morgan fingerprint density at radius 3 is 2.62 bits per heavy atom. The van der Waals surface area contributed by atoms with Gasteiger partial charge >= 0.3 is 0 Å². The second kappa shape index (κ2) is 9.08. The molecule has 0 radical (unpaired) electrons. The number of hydrogen-bond acceptors (Lipinski definition) is 4. The number of hydrogen-bond donors (Lipinski definition) is 2. The van der Waals surface area contributed by atoms with Crippen molar-refractivity contribution in [2.75, 3.05) is 13.7 Å². The van der Waals surface area contributed by atoms with Crippen molar-refractivity contribution in [3.63, 3.8) is 0 Å². The summed E-state index contributed by atoms with van der Waals surface area (Å²) in [5.41, 5.74) is 2.17. The van der Waals surface area contributed by atoms with E-state index in [4.69, 9.17) is 9.15 Å². The average Bonchev–Trinajstić information content (AvgIpc) is 3.14. The Balaban J connectivity index is 1.94. The maximum atomic E-state index is 12.5. The van der Waals surface area contributed by atoms with Crippen molar-refractivity contribution in [3.8, 4) is 5.75 Å². The highest BCUT2D eigenvalue weighted by molar-refractivity contribution is 5.95. The summed E-state index contributed by atoms with van der Waals surface area (Å²) in [7, 11) is 1.63. The third-order valence-corrected chi connectivity index (χ3v) is 4.11. The first-order valence-electron chi connectivity index (χ1n) is 8.68. The molecule has 26 heavy (non-hydrogen) atoms. The van der Waals surface area contributed by atoms with Gasteiger partial charge < -0.3 is 19.8 Å². The van der Waals surface area contributed by atoms with Gasteiger partial charge in [0.25, 0.3) is 5.91 Å². The van der Waals surface area contributed by atoms with E-state index < -0.39 is 11.9 Å². The van der Waals surface area contributed by atoms with Gasteiger partial charge in [-0.15, -0.1) is 0 Å². The van der Waals surface area contributed by atoms with Crippen LogP contribution in [-0.4, -0.2) is 31.5 Å². The first-order chi connectivity index (χ1) is 12.4. The van der Waals surface area contributed by atoms with E-state index in [0.717, 1.165) is 16.9 Å². The molecule has 1 unspecified atom stereocenters. The summed E-state index contributed by atoms with van der Waals surface area (Å²) in [4.78, 5) is 24.7. The lowest BCUT2D eigenvalue weighted by atomic mass is 10.0. The number of methoxy groups -OCH3 is 1. The van der Waals surface area contributed by atoms with Crippen LogP contribution in [0, 0.1) is 12.8 Å². The number of nitrogens with one attached hydrogen (secondary N) is 2. The van der Waals surface area contributed by atoms with Crippen molar-refractivity contribution in [2.24, 2.45) is 5.92 Å². The Labute approximate surface area is 153 Å². The van der Waals surface area contributed by atoms with Crippen LogP contribution < -0.4 is 15.4 Å². The first kappa shape index (κ1) is 19.6. The molecule has 1 aromatic heterocycles. The fraction of sp³-hybridized carbons (Fsp3) is 0.400. The van der Waals surface area contributed by atoms with Crippen molar-refractivity contribution < 1.29 is 18.7 Å². The van der Waals surface area contributed by atoms with Crippen LogP contribution in [0.5, 0.6) is 5.75 Å². The topological polar surface area (TPSA) is 80.6 Å². The highest BCUT2D eigenvalue weighted by atomic mass is 16.5. The normalized spacial score (nSPS) is 11.9. The third-order valence-electron chi connectivity index (χ3n) is 4.11. The van der Waals surface area contributed by atoms with Crippen LogP contribution in [0.15, 0.2) is 41.0 Å². The Morgan fingerprint density at radius 2 is 2.00 bits per heavy atom. The summed E-state index contributed by atoms with van der Waals surface area (Å²) in [5, 5.41) is 5.62. The van der Waals surface area contributed by atoms with E-state index in [1.54, 1.807) is 19.2 Å². The molecule has 1 aromatic carbocycles. The van der Waals surface area contributed by atoms with E-state index in [1.807, 2.05) is 39.0 Å². The van der Waals surface area contributed by atoms with Crippen molar-refractivity contribution in [2.45, 2.75) is 33.2 Å². The van der Waals surface area contributed by atoms with Crippen molar-refractivity contribution >= 4 is 11.8 Å². The molecule has 0 saturated heterocycles. The summed E-state index contributed by atoms with van der Waals surface area (Å²) in [5.74, 6) is 0.322. The molecule has 6 nitrogen and oxygen atoms in total. The van der Waals surface area contributed by atoms with Gasteiger partial charge in [-0.2, -0.15) is 0 Å². The Kier molecular flexibility index (Phi) is 6.83. The van der Waals surface area contributed by atoms with Gasteiger partial charge in [-0.25, -0.2) is 0 Å². The Bertz CT molecular complexity index is 738. The minimum absolute atomic E-state index is 0.0533. The van der Waals surface area contributed by atoms with Crippen LogP contribution in [0.1, 0.15) is 35.5 Å². The summed E-state index contributed by atoms with van der Waals surface area (Å²) in [6.07, 6.45) is 2.07. The fourth-order valence-corrected chi connectivity index (χ4v) is 2.69. The fourth-order valence-electron chi connectivity index (χ4n) is 2.69. The van der Waals surface area contributed by atoms with Gasteiger partial charge in [0.2, 0.25) is 5.91 Å². The standard InChI is InChI=1S/C20H26N2O4/c1-13(2)18(22-19(23)17-6-5-11-26-17)20(24)21-10-9-15-12-14(3)7-8-16(15)25-4/h5-8,11-13,18H,9-10H2,1-4H3,(H,21,24)(H,22,23). The monoisotopic (exact) mass is 358 g/mol. The van der Waals surface area contributed by atoms with Crippen molar-refractivity contribution in [1.82, 2.24) is 10.6 Å². The number of benzene rings is 1. The zero-order valence-corrected chi connectivity index (χ0v) is 15.7. The van der Waals surface area contributed by atoms with Gasteiger partial charge in [0.1, 0.15) is 11.8 Å². The molecule has 2 rings (SSSR count). The second-order valence-electron chi connectivity index (χ2n) is 6.53. The number of aryl methyl sites for hydroxylation is 1. The maximum Gasteiger partial charge on any atom is 0.287 e. The lowest BCUT2D eigenvalue weighted by Crippen LogP contribution is -2.50. The van der Waals surface area contributed by atoms with Crippen LogP contribution in [0.25, 0.3) is 0 Å². The minimum atomic E-state index is -0.632. The molecule has 0 spiro atoms. The zero-order valence-electron chi connectivity index (χ0n) is 15.7. The minimum Gasteiger partial charge on any atom is -0.496 e. The molecule has 1 atom stereocenters. The largest absolute Gasteiger partial charge is 0.496 e. The Morgan fingerprint density at radius 1 is 1.23 bits per heavy atom.